The average Bonchev–Trinajstić information content (AvgIpc) is 3.12. The minimum atomic E-state index is -0.558. The van der Waals surface area contributed by atoms with E-state index in [1.165, 1.54) is 0 Å². The summed E-state index contributed by atoms with van der Waals surface area (Å²) in [5.74, 6) is 0.128. The number of hydrogen-bond acceptors (Lipinski definition) is 8. The third-order valence-electron chi connectivity index (χ3n) is 9.21. The van der Waals surface area contributed by atoms with E-state index in [0.29, 0.717) is 29.4 Å². The highest BCUT2D eigenvalue weighted by atomic mass is 35.5. The first-order valence-corrected chi connectivity index (χ1v) is 15.0. The third kappa shape index (κ3) is 4.92. The summed E-state index contributed by atoms with van der Waals surface area (Å²) in [6.45, 7) is 2.82. The summed E-state index contributed by atoms with van der Waals surface area (Å²) in [6.07, 6.45) is 4.24. The normalized spacial score (nSPS) is 24.5. The third-order valence-corrected chi connectivity index (χ3v) is 9.51. The van der Waals surface area contributed by atoms with Gasteiger partial charge in [-0.15, -0.1) is 0 Å². The Morgan fingerprint density at radius 2 is 1.98 bits per heavy atom. The summed E-state index contributed by atoms with van der Waals surface area (Å²) in [5.41, 5.74) is 0.864. The molecule has 8 nitrogen and oxygen atoms in total. The van der Waals surface area contributed by atoms with Gasteiger partial charge in [-0.25, -0.2) is 4.39 Å². The lowest BCUT2D eigenvalue weighted by Gasteiger charge is -2.38. The van der Waals surface area contributed by atoms with Crippen molar-refractivity contribution >= 4 is 39.1 Å². The van der Waals surface area contributed by atoms with Gasteiger partial charge in [-0.3, -0.25) is 4.90 Å². The highest BCUT2D eigenvalue weighted by molar-refractivity contribution is 6.35. The second-order valence-electron chi connectivity index (χ2n) is 11.8. The largest absolute Gasteiger partial charge is 0.508 e. The van der Waals surface area contributed by atoms with Crippen LogP contribution in [0.15, 0.2) is 42.5 Å². The van der Waals surface area contributed by atoms with Crippen LogP contribution < -0.4 is 15.0 Å². The molecule has 4 aromatic rings. The Hall–Kier alpha value is -3.24. The van der Waals surface area contributed by atoms with E-state index in [1.54, 1.807) is 25.3 Å². The molecule has 10 heteroatoms. The number of hydrogen-bond donors (Lipinski definition) is 2. The first-order valence-electron chi connectivity index (χ1n) is 14.7. The summed E-state index contributed by atoms with van der Waals surface area (Å²) < 4.78 is 28.6. The fourth-order valence-corrected chi connectivity index (χ4v) is 7.23. The molecule has 0 amide bonds. The van der Waals surface area contributed by atoms with Gasteiger partial charge in [0.2, 0.25) is 0 Å². The fraction of sp³-hybridized carbons (Fsp3) is 0.438. The van der Waals surface area contributed by atoms with Crippen molar-refractivity contribution in [1.29, 1.82) is 0 Å². The smallest absolute Gasteiger partial charge is 0.319 e. The van der Waals surface area contributed by atoms with E-state index in [0.717, 1.165) is 56.1 Å². The summed E-state index contributed by atoms with van der Waals surface area (Å²) in [6, 6.07) is 13.4. The number of piperazine rings is 1. The number of aromatic hydroxyl groups is 1. The van der Waals surface area contributed by atoms with Gasteiger partial charge in [0, 0.05) is 55.8 Å². The SMILES string of the molecule is CO[C@@H]1CC(COc2nc(N3CC4CCCC3CN4)c3cc(Cl)c(-c4cc(O)cc5ccccc45)c(F)c3n2)N(C)C1. The zero-order valence-corrected chi connectivity index (χ0v) is 24.6. The number of methoxy groups -OCH3 is 1. The Morgan fingerprint density at radius 1 is 1.12 bits per heavy atom. The van der Waals surface area contributed by atoms with Crippen LogP contribution >= 0.6 is 11.6 Å². The van der Waals surface area contributed by atoms with Gasteiger partial charge in [0.1, 0.15) is 23.7 Å². The van der Waals surface area contributed by atoms with Crippen molar-refractivity contribution in [3.63, 3.8) is 0 Å². The summed E-state index contributed by atoms with van der Waals surface area (Å²) >= 11 is 6.89. The maximum Gasteiger partial charge on any atom is 0.319 e. The second kappa shape index (κ2) is 11.1. The number of nitrogens with one attached hydrogen (secondary N) is 1. The van der Waals surface area contributed by atoms with Gasteiger partial charge < -0.3 is 24.8 Å². The first-order chi connectivity index (χ1) is 20.4. The van der Waals surface area contributed by atoms with Crippen molar-refractivity contribution in [1.82, 2.24) is 20.2 Å². The predicted molar refractivity (Wildman–Crippen MR) is 163 cm³/mol. The van der Waals surface area contributed by atoms with Gasteiger partial charge in [-0.05, 0) is 67.3 Å². The van der Waals surface area contributed by atoms with Gasteiger partial charge in [0.25, 0.3) is 0 Å². The van der Waals surface area contributed by atoms with Crippen LogP contribution in [0.2, 0.25) is 5.02 Å². The van der Waals surface area contributed by atoms with Crippen molar-refractivity contribution in [3.8, 4) is 22.9 Å². The van der Waals surface area contributed by atoms with Gasteiger partial charge in [-0.1, -0.05) is 35.9 Å². The Bertz CT molecular complexity index is 1650. The molecule has 3 aromatic carbocycles. The van der Waals surface area contributed by atoms with Gasteiger partial charge in [0.15, 0.2) is 5.82 Å². The van der Waals surface area contributed by atoms with Gasteiger partial charge in [-0.2, -0.15) is 9.97 Å². The number of likely N-dealkylation sites (tertiary alicyclic amines) is 1. The highest BCUT2D eigenvalue weighted by Gasteiger charge is 2.35. The summed E-state index contributed by atoms with van der Waals surface area (Å²) in [7, 11) is 3.78. The van der Waals surface area contributed by atoms with E-state index in [-0.39, 0.29) is 46.1 Å². The fourth-order valence-electron chi connectivity index (χ4n) is 6.93. The lowest BCUT2D eigenvalue weighted by molar-refractivity contribution is 0.111. The van der Waals surface area contributed by atoms with Gasteiger partial charge in [0.05, 0.1) is 11.1 Å². The molecule has 5 heterocycles. The molecule has 2 N–H and O–H groups in total. The van der Waals surface area contributed by atoms with E-state index in [1.807, 2.05) is 31.3 Å². The molecule has 4 fully saturated rings. The minimum absolute atomic E-state index is 0.0369. The number of fused-ring (bicyclic) bond motifs is 6. The van der Waals surface area contributed by atoms with Crippen LogP contribution in [0.25, 0.3) is 32.8 Å². The van der Waals surface area contributed by atoms with Crippen LogP contribution in [0.4, 0.5) is 10.2 Å². The van der Waals surface area contributed by atoms with E-state index in [4.69, 9.17) is 26.1 Å². The molecule has 0 aliphatic carbocycles. The predicted octanol–water partition coefficient (Wildman–Crippen LogP) is 5.38. The number of phenols is 1. The zero-order valence-electron chi connectivity index (χ0n) is 23.8. The molecule has 4 aliphatic heterocycles. The number of rotatable bonds is 6. The van der Waals surface area contributed by atoms with E-state index in [9.17, 15) is 5.11 Å². The number of likely N-dealkylation sites (N-methyl/N-ethyl adjacent to an activating group) is 1. The molecular weight excluding hydrogens is 557 g/mol. The standard InChI is InChI=1S/C32H35ClFN5O3/c1-38-16-23(41-2)11-21(38)17-42-32-36-30-26(31(37-32)39-15-19-7-5-8-20(39)14-35-19)13-27(33)28(29(30)34)25-12-22(40)10-18-6-3-4-9-24(18)25/h3-4,6,9-10,12-13,19-21,23,35,40H,5,7-8,11,14-17H2,1-2H3/t19?,20?,21?,23-/m1/s1. The molecule has 0 saturated carbocycles. The van der Waals surface area contributed by atoms with E-state index >= 15 is 4.39 Å². The molecule has 4 aliphatic rings. The second-order valence-corrected chi connectivity index (χ2v) is 12.2. The number of nitrogens with zero attached hydrogens (tertiary/aromatic N) is 4. The number of ether oxygens (including phenoxy) is 2. The molecule has 220 valence electrons. The lowest BCUT2D eigenvalue weighted by atomic mass is 9.96. The van der Waals surface area contributed by atoms with Gasteiger partial charge >= 0.3 is 6.01 Å². The van der Waals surface area contributed by atoms with E-state index < -0.39 is 5.82 Å². The Morgan fingerprint density at radius 3 is 2.81 bits per heavy atom. The topological polar surface area (TPSA) is 83.0 Å². The number of anilines is 1. The number of aromatic nitrogens is 2. The molecule has 0 radical (unpaired) electrons. The Kier molecular flexibility index (Phi) is 7.30. The van der Waals surface area contributed by atoms with Crippen molar-refractivity contribution in [2.75, 3.05) is 45.3 Å². The van der Waals surface area contributed by atoms with Crippen LogP contribution in [0.5, 0.6) is 11.8 Å². The number of benzene rings is 3. The Balaban J connectivity index is 1.37. The van der Waals surface area contributed by atoms with Crippen molar-refractivity contribution < 1.29 is 19.0 Å². The molecular formula is C32H35ClFN5O3. The summed E-state index contributed by atoms with van der Waals surface area (Å²) in [5, 5.41) is 16.5. The zero-order chi connectivity index (χ0) is 29.0. The molecule has 0 spiro atoms. The lowest BCUT2D eigenvalue weighted by Crippen LogP contribution is -2.54. The first kappa shape index (κ1) is 27.6. The summed E-state index contributed by atoms with van der Waals surface area (Å²) in [4.78, 5) is 14.1. The average molecular weight is 592 g/mol. The molecule has 4 saturated heterocycles. The molecule has 2 bridgehead atoms. The molecule has 1 aromatic heterocycles. The highest BCUT2D eigenvalue weighted by Crippen LogP contribution is 2.43. The quantitative estimate of drug-likeness (QED) is 0.309. The number of phenolic OH excluding ortho intramolecular Hbond substituents is 1. The van der Waals surface area contributed by atoms with Crippen LogP contribution in [0.3, 0.4) is 0 Å². The van der Waals surface area contributed by atoms with Crippen molar-refractivity contribution in [2.24, 2.45) is 0 Å². The Labute approximate surface area is 249 Å². The maximum atomic E-state index is 16.8. The molecule has 8 rings (SSSR count). The van der Waals surface area contributed by atoms with E-state index in [2.05, 4.69) is 20.1 Å². The van der Waals surface area contributed by atoms with Crippen molar-refractivity contribution in [2.45, 2.75) is 49.9 Å². The van der Waals surface area contributed by atoms with Crippen LogP contribution in [-0.2, 0) is 4.74 Å². The maximum absolute atomic E-state index is 16.8. The monoisotopic (exact) mass is 591 g/mol. The van der Waals surface area contributed by atoms with Crippen LogP contribution in [-0.4, -0.2) is 84.6 Å². The molecule has 42 heavy (non-hydrogen) atoms. The van der Waals surface area contributed by atoms with Crippen LogP contribution in [0.1, 0.15) is 25.7 Å². The van der Waals surface area contributed by atoms with Crippen molar-refractivity contribution in [3.05, 3.63) is 53.3 Å². The molecule has 4 atom stereocenters. The minimum Gasteiger partial charge on any atom is -0.508 e. The number of halogens is 2. The van der Waals surface area contributed by atoms with Crippen LogP contribution in [0, 0.1) is 5.82 Å². The molecule has 3 unspecified atom stereocenters.